The number of carboxylic acid groups (broad SMARTS) is 1. The zero-order chi connectivity index (χ0) is 13.8. The molecule has 2 rings (SSSR count). The van der Waals surface area contributed by atoms with Crippen molar-refractivity contribution in [1.82, 2.24) is 10.2 Å². The summed E-state index contributed by atoms with van der Waals surface area (Å²) in [6.07, 6.45) is 1.90. The SMILES string of the molecule is CC1CCN(C(=O)CC2CSCCN2)C(C(=O)O)C1. The maximum absolute atomic E-state index is 12.3. The molecule has 2 N–H and O–H groups in total. The molecule has 0 aromatic rings. The lowest BCUT2D eigenvalue weighted by atomic mass is 9.92. The second kappa shape index (κ2) is 6.61. The number of nitrogens with zero attached hydrogens (tertiary/aromatic N) is 1. The van der Waals surface area contributed by atoms with Gasteiger partial charge in [0.2, 0.25) is 5.91 Å². The van der Waals surface area contributed by atoms with Gasteiger partial charge in [-0.3, -0.25) is 4.79 Å². The van der Waals surface area contributed by atoms with Gasteiger partial charge in [-0.15, -0.1) is 0 Å². The number of rotatable bonds is 3. The Labute approximate surface area is 118 Å². The molecule has 2 heterocycles. The van der Waals surface area contributed by atoms with E-state index in [1.54, 1.807) is 4.90 Å². The van der Waals surface area contributed by atoms with Gasteiger partial charge in [-0.2, -0.15) is 11.8 Å². The quantitative estimate of drug-likeness (QED) is 0.803. The Balaban J connectivity index is 1.93. The van der Waals surface area contributed by atoms with E-state index in [2.05, 4.69) is 12.2 Å². The van der Waals surface area contributed by atoms with E-state index in [4.69, 9.17) is 0 Å². The van der Waals surface area contributed by atoms with Crippen LogP contribution in [0.2, 0.25) is 0 Å². The van der Waals surface area contributed by atoms with Gasteiger partial charge in [-0.1, -0.05) is 6.92 Å². The smallest absolute Gasteiger partial charge is 0.326 e. The maximum Gasteiger partial charge on any atom is 0.326 e. The molecule has 2 aliphatic heterocycles. The number of nitrogens with one attached hydrogen (secondary N) is 1. The molecule has 0 aliphatic carbocycles. The Morgan fingerprint density at radius 2 is 2.26 bits per heavy atom. The van der Waals surface area contributed by atoms with Gasteiger partial charge < -0.3 is 15.3 Å². The van der Waals surface area contributed by atoms with E-state index in [1.807, 2.05) is 11.8 Å². The Bertz CT molecular complexity index is 345. The Morgan fingerprint density at radius 3 is 2.89 bits per heavy atom. The van der Waals surface area contributed by atoms with Gasteiger partial charge in [0, 0.05) is 37.1 Å². The van der Waals surface area contributed by atoms with Crippen molar-refractivity contribution in [2.75, 3.05) is 24.6 Å². The van der Waals surface area contributed by atoms with Crippen molar-refractivity contribution < 1.29 is 14.7 Å². The number of carboxylic acids is 1. The summed E-state index contributed by atoms with van der Waals surface area (Å²) >= 11 is 1.85. The molecule has 2 saturated heterocycles. The molecule has 2 fully saturated rings. The van der Waals surface area contributed by atoms with Crippen LogP contribution in [0.15, 0.2) is 0 Å². The van der Waals surface area contributed by atoms with Crippen molar-refractivity contribution in [2.24, 2.45) is 5.92 Å². The van der Waals surface area contributed by atoms with Crippen molar-refractivity contribution in [2.45, 2.75) is 38.3 Å². The van der Waals surface area contributed by atoms with Crippen LogP contribution in [0.25, 0.3) is 0 Å². The van der Waals surface area contributed by atoms with Crippen LogP contribution < -0.4 is 5.32 Å². The molecule has 0 spiro atoms. The second-order valence-electron chi connectivity index (χ2n) is 5.50. The summed E-state index contributed by atoms with van der Waals surface area (Å²) in [5, 5.41) is 12.6. The van der Waals surface area contributed by atoms with Crippen LogP contribution in [0.5, 0.6) is 0 Å². The van der Waals surface area contributed by atoms with Gasteiger partial charge in [0.15, 0.2) is 0 Å². The number of carbonyl (C=O) groups excluding carboxylic acids is 1. The second-order valence-corrected chi connectivity index (χ2v) is 6.65. The highest BCUT2D eigenvalue weighted by molar-refractivity contribution is 7.99. The molecular formula is C13H22N2O3S. The van der Waals surface area contributed by atoms with Crippen LogP contribution in [0.3, 0.4) is 0 Å². The normalized spacial score (nSPS) is 32.1. The first-order valence-electron chi connectivity index (χ1n) is 6.91. The minimum absolute atomic E-state index is 0.0145. The number of likely N-dealkylation sites (tertiary alicyclic amines) is 1. The van der Waals surface area contributed by atoms with Crippen LogP contribution in [0.4, 0.5) is 0 Å². The third-order valence-corrected chi connectivity index (χ3v) is 5.02. The number of carbonyl (C=O) groups is 2. The first-order valence-corrected chi connectivity index (χ1v) is 8.06. The highest BCUT2D eigenvalue weighted by Gasteiger charge is 2.35. The highest BCUT2D eigenvalue weighted by Crippen LogP contribution is 2.24. The first kappa shape index (κ1) is 14.7. The van der Waals surface area contributed by atoms with Crippen LogP contribution in [-0.4, -0.2) is 58.6 Å². The summed E-state index contributed by atoms with van der Waals surface area (Å²) in [6, 6.07) is -0.437. The standard InChI is InChI=1S/C13H22N2O3S/c1-9-2-4-15(11(6-9)13(17)18)12(16)7-10-8-19-5-3-14-10/h9-11,14H,2-8H2,1H3,(H,17,18). The fourth-order valence-corrected chi connectivity index (χ4v) is 3.70. The van der Waals surface area contributed by atoms with E-state index >= 15 is 0 Å². The van der Waals surface area contributed by atoms with Gasteiger partial charge in [0.1, 0.15) is 6.04 Å². The molecule has 0 saturated carbocycles. The monoisotopic (exact) mass is 286 g/mol. The summed E-state index contributed by atoms with van der Waals surface area (Å²) < 4.78 is 0. The lowest BCUT2D eigenvalue weighted by molar-refractivity contribution is -0.153. The minimum Gasteiger partial charge on any atom is -0.480 e. The molecule has 3 unspecified atom stereocenters. The van der Waals surface area contributed by atoms with Crippen LogP contribution >= 0.6 is 11.8 Å². The third kappa shape index (κ3) is 3.86. The average molecular weight is 286 g/mol. The summed E-state index contributed by atoms with van der Waals surface area (Å²) in [5.41, 5.74) is 0. The zero-order valence-electron chi connectivity index (χ0n) is 11.3. The number of hydrogen-bond acceptors (Lipinski definition) is 4. The molecule has 0 radical (unpaired) electrons. The lowest BCUT2D eigenvalue weighted by Gasteiger charge is -2.37. The largest absolute Gasteiger partial charge is 0.480 e. The number of thioether (sulfide) groups is 1. The molecule has 5 nitrogen and oxygen atoms in total. The lowest BCUT2D eigenvalue weighted by Crippen LogP contribution is -2.51. The Kier molecular flexibility index (Phi) is 5.10. The van der Waals surface area contributed by atoms with Gasteiger partial charge in [0.05, 0.1) is 0 Å². The Morgan fingerprint density at radius 1 is 1.47 bits per heavy atom. The number of aliphatic carboxylic acids is 1. The van der Waals surface area contributed by atoms with Gasteiger partial charge >= 0.3 is 5.97 Å². The summed E-state index contributed by atoms with van der Waals surface area (Å²) in [5.74, 6) is 1.52. The zero-order valence-corrected chi connectivity index (χ0v) is 12.1. The van der Waals surface area contributed by atoms with Gasteiger partial charge in [0.25, 0.3) is 0 Å². The van der Waals surface area contributed by atoms with Crippen LogP contribution in [-0.2, 0) is 9.59 Å². The van der Waals surface area contributed by atoms with Crippen molar-refractivity contribution in [3.05, 3.63) is 0 Å². The van der Waals surface area contributed by atoms with E-state index in [0.29, 0.717) is 25.3 Å². The number of piperidine rings is 1. The summed E-state index contributed by atoms with van der Waals surface area (Å²) in [6.45, 7) is 3.57. The number of amides is 1. The molecule has 0 aromatic heterocycles. The minimum atomic E-state index is -0.870. The first-order chi connectivity index (χ1) is 9.08. The highest BCUT2D eigenvalue weighted by atomic mass is 32.2. The third-order valence-electron chi connectivity index (χ3n) is 3.89. The molecule has 0 bridgehead atoms. The van der Waals surface area contributed by atoms with Crippen molar-refractivity contribution in [1.29, 1.82) is 0 Å². The van der Waals surface area contributed by atoms with Gasteiger partial charge in [-0.05, 0) is 18.8 Å². The van der Waals surface area contributed by atoms with E-state index in [0.717, 1.165) is 24.5 Å². The predicted molar refractivity (Wildman–Crippen MR) is 75.3 cm³/mol. The molecule has 0 aromatic carbocycles. The molecule has 108 valence electrons. The topological polar surface area (TPSA) is 69.6 Å². The van der Waals surface area contributed by atoms with E-state index in [1.165, 1.54) is 0 Å². The van der Waals surface area contributed by atoms with Crippen molar-refractivity contribution in [3.8, 4) is 0 Å². The number of hydrogen-bond donors (Lipinski definition) is 2. The maximum atomic E-state index is 12.3. The van der Waals surface area contributed by atoms with Crippen LogP contribution in [0, 0.1) is 5.92 Å². The van der Waals surface area contributed by atoms with Crippen molar-refractivity contribution >= 4 is 23.6 Å². The van der Waals surface area contributed by atoms with E-state index in [9.17, 15) is 14.7 Å². The molecule has 19 heavy (non-hydrogen) atoms. The molecular weight excluding hydrogens is 264 g/mol. The van der Waals surface area contributed by atoms with E-state index < -0.39 is 12.0 Å². The molecule has 3 atom stereocenters. The molecule has 6 heteroatoms. The van der Waals surface area contributed by atoms with Crippen LogP contribution in [0.1, 0.15) is 26.2 Å². The van der Waals surface area contributed by atoms with Crippen molar-refractivity contribution in [3.63, 3.8) is 0 Å². The van der Waals surface area contributed by atoms with E-state index in [-0.39, 0.29) is 11.9 Å². The fraction of sp³-hybridized carbons (Fsp3) is 0.846. The fourth-order valence-electron chi connectivity index (χ4n) is 2.75. The Hall–Kier alpha value is -0.750. The molecule has 1 amide bonds. The summed E-state index contributed by atoms with van der Waals surface area (Å²) in [7, 11) is 0. The summed E-state index contributed by atoms with van der Waals surface area (Å²) in [4.78, 5) is 25.2. The molecule has 2 aliphatic rings. The predicted octanol–water partition coefficient (Wildman–Crippen LogP) is 0.793. The average Bonchev–Trinajstić information content (AvgIpc) is 2.39. The van der Waals surface area contributed by atoms with Gasteiger partial charge in [-0.25, -0.2) is 4.79 Å².